The van der Waals surface area contributed by atoms with E-state index in [1.807, 2.05) is 54.9 Å². The number of phenolic OH excluding ortho intramolecular Hbond substituents is 1. The predicted octanol–water partition coefficient (Wildman–Crippen LogP) is 5.64. The summed E-state index contributed by atoms with van der Waals surface area (Å²) in [4.78, 5) is 7.11. The van der Waals surface area contributed by atoms with Crippen LogP contribution in [-0.4, -0.2) is 15.9 Å². The lowest BCUT2D eigenvalue weighted by Gasteiger charge is -2.00. The highest BCUT2D eigenvalue weighted by Gasteiger charge is 1.97. The molecule has 3 rings (SSSR count). The summed E-state index contributed by atoms with van der Waals surface area (Å²) in [6.07, 6.45) is 7.83. The topological polar surface area (TPSA) is 74.4 Å². The highest BCUT2D eigenvalue weighted by Crippen LogP contribution is 2.17. The van der Waals surface area contributed by atoms with Crippen molar-refractivity contribution in [3.8, 4) is 5.75 Å². The Labute approximate surface area is 156 Å². The first kappa shape index (κ1) is 21.0. The van der Waals surface area contributed by atoms with Gasteiger partial charge in [0.2, 0.25) is 0 Å². The Kier molecular flexibility index (Phi) is 10.8. The molecule has 0 saturated carbocycles. The normalized spacial score (nSPS) is 10.2. The van der Waals surface area contributed by atoms with Crippen LogP contribution in [0.4, 0.5) is 5.69 Å². The highest BCUT2D eigenvalue weighted by molar-refractivity contribution is 5.98. The van der Waals surface area contributed by atoms with Crippen LogP contribution in [-0.2, 0) is 0 Å². The zero-order chi connectivity index (χ0) is 19.0. The molecule has 0 unspecified atom stereocenters. The molecule has 0 bridgehead atoms. The number of hydrogen-bond acceptors (Lipinski definition) is 2. The lowest BCUT2D eigenvalue weighted by atomic mass is 10.2. The van der Waals surface area contributed by atoms with E-state index in [-0.39, 0.29) is 5.75 Å². The van der Waals surface area contributed by atoms with Crippen molar-refractivity contribution in [3.05, 3.63) is 84.7 Å². The van der Waals surface area contributed by atoms with Gasteiger partial charge in [0, 0.05) is 18.0 Å². The van der Waals surface area contributed by atoms with Gasteiger partial charge in [-0.25, -0.2) is 4.99 Å². The molecule has 2 aromatic carbocycles. The summed E-state index contributed by atoms with van der Waals surface area (Å²) in [7, 11) is 0. The molecule has 4 nitrogen and oxygen atoms in total. The van der Waals surface area contributed by atoms with Gasteiger partial charge in [-0.05, 0) is 36.4 Å². The number of H-pyrrole nitrogens is 1. The molecule has 0 amide bonds. The molecular weight excluding hydrogens is 322 g/mol. The third-order valence-electron chi connectivity index (χ3n) is 3.37. The average Bonchev–Trinajstić information content (AvgIpc) is 3.26. The third kappa shape index (κ3) is 9.33. The van der Waals surface area contributed by atoms with Crippen LogP contribution in [0.15, 0.2) is 84.1 Å². The van der Waals surface area contributed by atoms with Crippen molar-refractivity contribution in [2.24, 2.45) is 10.7 Å². The van der Waals surface area contributed by atoms with Crippen molar-refractivity contribution in [2.45, 2.75) is 33.1 Å². The Morgan fingerprint density at radius 1 is 0.885 bits per heavy atom. The third-order valence-corrected chi connectivity index (χ3v) is 3.37. The molecule has 0 atom stereocenters. The van der Waals surface area contributed by atoms with Crippen LogP contribution in [0.2, 0.25) is 0 Å². The van der Waals surface area contributed by atoms with Gasteiger partial charge in [-0.15, -0.1) is 0 Å². The van der Waals surface area contributed by atoms with Gasteiger partial charge in [-0.1, -0.05) is 63.4 Å². The fourth-order valence-corrected chi connectivity index (χ4v) is 1.97. The second-order valence-electron chi connectivity index (χ2n) is 5.62. The lowest BCUT2D eigenvalue weighted by molar-refractivity contribution is 0.475. The summed E-state index contributed by atoms with van der Waals surface area (Å²) in [5.41, 5.74) is 7.46. The summed E-state index contributed by atoms with van der Waals surface area (Å²) in [6.45, 7) is 4.42. The fourth-order valence-electron chi connectivity index (χ4n) is 1.97. The van der Waals surface area contributed by atoms with Crippen LogP contribution < -0.4 is 5.73 Å². The summed E-state index contributed by atoms with van der Waals surface area (Å²) in [5, 5.41) is 9.13. The van der Waals surface area contributed by atoms with E-state index < -0.39 is 0 Å². The number of aromatic hydroxyl groups is 1. The Morgan fingerprint density at radius 2 is 1.46 bits per heavy atom. The summed E-state index contributed by atoms with van der Waals surface area (Å²) in [6, 6.07) is 20.0. The molecule has 1 heterocycles. The van der Waals surface area contributed by atoms with Crippen LogP contribution in [0, 0.1) is 0 Å². The summed E-state index contributed by atoms with van der Waals surface area (Å²) < 4.78 is 0. The maximum absolute atomic E-state index is 9.13. The molecule has 26 heavy (non-hydrogen) atoms. The van der Waals surface area contributed by atoms with Crippen molar-refractivity contribution >= 4 is 11.5 Å². The number of nitrogens with zero attached hydrogens (tertiary/aromatic N) is 1. The van der Waals surface area contributed by atoms with E-state index in [0.29, 0.717) is 5.84 Å². The Morgan fingerprint density at radius 3 is 1.88 bits per heavy atom. The first-order valence-corrected chi connectivity index (χ1v) is 8.93. The monoisotopic (exact) mass is 351 g/mol. The SMILES string of the molecule is CCCCC.NC(=Nc1ccc(O)cc1)c1ccccc1.c1cc[nH]c1. The van der Waals surface area contributed by atoms with E-state index >= 15 is 0 Å². The predicted molar refractivity (Wildman–Crippen MR) is 111 cm³/mol. The molecule has 3 aromatic rings. The smallest absolute Gasteiger partial charge is 0.131 e. The number of nitrogens with one attached hydrogen (secondary N) is 1. The highest BCUT2D eigenvalue weighted by atomic mass is 16.3. The Balaban J connectivity index is 0.000000277. The number of amidine groups is 1. The van der Waals surface area contributed by atoms with E-state index in [4.69, 9.17) is 10.8 Å². The van der Waals surface area contributed by atoms with Gasteiger partial charge in [0.25, 0.3) is 0 Å². The van der Waals surface area contributed by atoms with Crippen LogP contribution >= 0.6 is 0 Å². The van der Waals surface area contributed by atoms with Crippen molar-refractivity contribution in [2.75, 3.05) is 0 Å². The molecule has 0 fully saturated rings. The van der Waals surface area contributed by atoms with Gasteiger partial charge in [0.15, 0.2) is 0 Å². The molecule has 4 heteroatoms. The van der Waals surface area contributed by atoms with E-state index in [2.05, 4.69) is 23.8 Å². The fraction of sp³-hybridized carbons (Fsp3) is 0.227. The minimum absolute atomic E-state index is 0.220. The molecule has 138 valence electrons. The van der Waals surface area contributed by atoms with Crippen molar-refractivity contribution in [3.63, 3.8) is 0 Å². The number of unbranched alkanes of at least 4 members (excludes halogenated alkanes) is 2. The van der Waals surface area contributed by atoms with E-state index in [1.165, 1.54) is 19.3 Å². The number of rotatable bonds is 4. The van der Waals surface area contributed by atoms with E-state index in [1.54, 1.807) is 24.3 Å². The average molecular weight is 351 g/mol. The number of nitrogens with two attached hydrogens (primary N) is 1. The molecule has 0 saturated heterocycles. The van der Waals surface area contributed by atoms with Crippen molar-refractivity contribution in [1.29, 1.82) is 0 Å². The molecule has 0 aliphatic heterocycles. The van der Waals surface area contributed by atoms with Gasteiger partial charge in [0.05, 0.1) is 5.69 Å². The van der Waals surface area contributed by atoms with Crippen LogP contribution in [0.25, 0.3) is 0 Å². The number of aromatic nitrogens is 1. The number of benzene rings is 2. The van der Waals surface area contributed by atoms with Gasteiger partial charge in [-0.2, -0.15) is 0 Å². The number of aliphatic imine (C=N–C) groups is 1. The van der Waals surface area contributed by atoms with Gasteiger partial charge >= 0.3 is 0 Å². The first-order valence-electron chi connectivity index (χ1n) is 8.93. The van der Waals surface area contributed by atoms with Crippen molar-refractivity contribution < 1.29 is 5.11 Å². The van der Waals surface area contributed by atoms with Gasteiger partial charge in [0.1, 0.15) is 11.6 Å². The van der Waals surface area contributed by atoms with Crippen LogP contribution in [0.3, 0.4) is 0 Å². The molecule has 4 N–H and O–H groups in total. The first-order chi connectivity index (χ1) is 12.7. The van der Waals surface area contributed by atoms with E-state index in [9.17, 15) is 0 Å². The van der Waals surface area contributed by atoms with Gasteiger partial charge in [-0.3, -0.25) is 0 Å². The largest absolute Gasteiger partial charge is 0.508 e. The molecular formula is C22H29N3O. The maximum Gasteiger partial charge on any atom is 0.131 e. The van der Waals surface area contributed by atoms with E-state index in [0.717, 1.165) is 11.3 Å². The number of aromatic amines is 1. The van der Waals surface area contributed by atoms with Crippen LogP contribution in [0.5, 0.6) is 5.75 Å². The standard InChI is InChI=1S/C13H12N2O.C5H12.C4H5N/c14-13(10-4-2-1-3-5-10)15-11-6-8-12(16)9-7-11;1-3-5-4-2;1-2-4-5-3-1/h1-9,16H,(H2,14,15);3-5H2,1-2H3;1-5H. The molecule has 0 aliphatic rings. The van der Waals surface area contributed by atoms with Gasteiger partial charge < -0.3 is 15.8 Å². The molecule has 1 aromatic heterocycles. The minimum Gasteiger partial charge on any atom is -0.508 e. The second kappa shape index (κ2) is 13.3. The molecule has 0 spiro atoms. The minimum atomic E-state index is 0.220. The summed E-state index contributed by atoms with van der Waals surface area (Å²) >= 11 is 0. The lowest BCUT2D eigenvalue weighted by Crippen LogP contribution is -2.12. The Bertz CT molecular complexity index is 686. The zero-order valence-corrected chi connectivity index (χ0v) is 15.6. The zero-order valence-electron chi connectivity index (χ0n) is 15.6. The van der Waals surface area contributed by atoms with Crippen LogP contribution in [0.1, 0.15) is 38.7 Å². The Hall–Kier alpha value is -3.01. The van der Waals surface area contributed by atoms with Crippen molar-refractivity contribution in [1.82, 2.24) is 4.98 Å². The quantitative estimate of drug-likeness (QED) is 0.420. The molecule has 0 radical (unpaired) electrons. The summed E-state index contributed by atoms with van der Waals surface area (Å²) in [5.74, 6) is 0.684. The maximum atomic E-state index is 9.13. The second-order valence-corrected chi connectivity index (χ2v) is 5.62. The number of phenols is 1. The molecule has 0 aliphatic carbocycles. The number of hydrogen-bond donors (Lipinski definition) is 3.